The third kappa shape index (κ3) is 5.36. The van der Waals surface area contributed by atoms with Crippen LogP contribution in [0.25, 0.3) is 12.2 Å². The van der Waals surface area contributed by atoms with Gasteiger partial charge in [-0.25, -0.2) is 0 Å². The van der Waals surface area contributed by atoms with Crippen LogP contribution in [-0.4, -0.2) is 11.4 Å². The van der Waals surface area contributed by atoms with Gasteiger partial charge in [0.2, 0.25) is 0 Å². The second-order valence-corrected chi connectivity index (χ2v) is 7.09. The summed E-state index contributed by atoms with van der Waals surface area (Å²) in [6.45, 7) is 2.34. The van der Waals surface area contributed by atoms with E-state index >= 15 is 0 Å². The number of benzene rings is 2. The van der Waals surface area contributed by atoms with Crippen molar-refractivity contribution in [1.82, 2.24) is 0 Å². The molecule has 132 valence electrons. The van der Waals surface area contributed by atoms with Crippen LogP contribution in [0.2, 0.25) is 0 Å². The Bertz CT molecular complexity index is 811. The summed E-state index contributed by atoms with van der Waals surface area (Å²) in [6.07, 6.45) is 10.7. The lowest BCUT2D eigenvalue weighted by Crippen LogP contribution is -2.10. The molecule has 1 aliphatic carbocycles. The van der Waals surface area contributed by atoms with E-state index in [0.717, 1.165) is 28.2 Å². The highest BCUT2D eigenvalue weighted by atomic mass is 16.4. The fraction of sp³-hybridized carbons (Fsp3) is 0.292. The highest BCUT2D eigenvalue weighted by Gasteiger charge is 2.15. The van der Waals surface area contributed by atoms with Crippen molar-refractivity contribution in [1.29, 1.82) is 0 Å². The first-order valence-corrected chi connectivity index (χ1v) is 9.30. The Kier molecular flexibility index (Phi) is 6.28. The molecule has 0 aromatic heterocycles. The summed E-state index contributed by atoms with van der Waals surface area (Å²) in [4.78, 5) is 0. The lowest BCUT2D eigenvalue weighted by Gasteiger charge is -2.21. The molecule has 1 fully saturated rings. The van der Waals surface area contributed by atoms with Crippen molar-refractivity contribution in [3.05, 3.63) is 70.8 Å². The molecule has 0 atom stereocenters. The predicted molar refractivity (Wildman–Crippen MR) is 109 cm³/mol. The summed E-state index contributed by atoms with van der Waals surface area (Å²) in [5, 5.41) is 11.6. The highest BCUT2D eigenvalue weighted by molar-refractivity contribution is 5.80. The van der Waals surface area contributed by atoms with Crippen LogP contribution in [0, 0.1) is 23.7 Å². The van der Waals surface area contributed by atoms with Crippen molar-refractivity contribution >= 4 is 18.4 Å². The minimum Gasteiger partial charge on any atom is -0.411 e. The fourth-order valence-electron chi connectivity index (χ4n) is 3.22. The molecule has 1 N–H and O–H groups in total. The zero-order chi connectivity index (χ0) is 18.2. The standard InChI is InChI=1S/C24H25NO/c1-19-2-4-20(5-3-19)6-7-21-8-10-22(11-9-21)12-13-23-14-16-24(17-15-23)18-25-26/h8-20,26H,2-5H2,1H3/b13-12+,25-18+. The lowest BCUT2D eigenvalue weighted by atomic mass is 9.83. The second kappa shape index (κ2) is 9.06. The minimum atomic E-state index is 0.574. The normalized spacial score (nSPS) is 20.2. The van der Waals surface area contributed by atoms with Crippen LogP contribution in [-0.2, 0) is 0 Å². The van der Waals surface area contributed by atoms with Crippen LogP contribution in [0.3, 0.4) is 0 Å². The molecule has 0 aliphatic heterocycles. The van der Waals surface area contributed by atoms with E-state index in [0.29, 0.717) is 5.92 Å². The van der Waals surface area contributed by atoms with Gasteiger partial charge in [-0.15, -0.1) is 0 Å². The first kappa shape index (κ1) is 18.0. The zero-order valence-electron chi connectivity index (χ0n) is 15.2. The first-order valence-electron chi connectivity index (χ1n) is 9.30. The molecule has 1 saturated carbocycles. The van der Waals surface area contributed by atoms with E-state index in [4.69, 9.17) is 5.21 Å². The fourth-order valence-corrected chi connectivity index (χ4v) is 3.22. The highest BCUT2D eigenvalue weighted by Crippen LogP contribution is 2.27. The topological polar surface area (TPSA) is 32.6 Å². The van der Waals surface area contributed by atoms with Gasteiger partial charge >= 0.3 is 0 Å². The molecule has 2 aromatic carbocycles. The van der Waals surface area contributed by atoms with E-state index in [9.17, 15) is 0 Å². The van der Waals surface area contributed by atoms with Gasteiger partial charge in [0, 0.05) is 11.5 Å². The first-order chi connectivity index (χ1) is 12.7. The second-order valence-electron chi connectivity index (χ2n) is 7.09. The molecule has 2 nitrogen and oxygen atoms in total. The Morgan fingerprint density at radius 1 is 0.846 bits per heavy atom. The van der Waals surface area contributed by atoms with E-state index in [-0.39, 0.29) is 0 Å². The molecule has 2 aromatic rings. The van der Waals surface area contributed by atoms with Gasteiger partial charge in [0.1, 0.15) is 0 Å². The third-order valence-corrected chi connectivity index (χ3v) is 4.96. The Morgan fingerprint density at radius 3 is 1.96 bits per heavy atom. The monoisotopic (exact) mass is 343 g/mol. The maximum atomic E-state index is 8.53. The van der Waals surface area contributed by atoms with Crippen molar-refractivity contribution in [3.8, 4) is 11.8 Å². The summed E-state index contributed by atoms with van der Waals surface area (Å²) in [5.41, 5.74) is 4.23. The van der Waals surface area contributed by atoms with Crippen molar-refractivity contribution in [2.75, 3.05) is 0 Å². The number of rotatable bonds is 3. The van der Waals surface area contributed by atoms with Crippen LogP contribution in [0.15, 0.2) is 53.7 Å². The largest absolute Gasteiger partial charge is 0.411 e. The molecule has 0 heterocycles. The zero-order valence-corrected chi connectivity index (χ0v) is 15.2. The number of hydrogen-bond acceptors (Lipinski definition) is 2. The van der Waals surface area contributed by atoms with Crippen molar-refractivity contribution < 1.29 is 5.21 Å². The van der Waals surface area contributed by atoms with Gasteiger partial charge < -0.3 is 5.21 Å². The summed E-state index contributed by atoms with van der Waals surface area (Å²) in [6, 6.07) is 16.2. The van der Waals surface area contributed by atoms with Gasteiger partial charge in [0.05, 0.1) is 6.21 Å². The van der Waals surface area contributed by atoms with Gasteiger partial charge in [0.25, 0.3) is 0 Å². The molecular formula is C24H25NO. The van der Waals surface area contributed by atoms with E-state index < -0.39 is 0 Å². The Balaban J connectivity index is 1.59. The maximum absolute atomic E-state index is 8.53. The maximum Gasteiger partial charge on any atom is 0.0733 e. The molecule has 0 amide bonds. The van der Waals surface area contributed by atoms with Crippen LogP contribution in [0.1, 0.15) is 54.9 Å². The summed E-state index contributed by atoms with van der Waals surface area (Å²) < 4.78 is 0. The molecule has 3 rings (SSSR count). The number of nitrogens with zero attached hydrogens (tertiary/aromatic N) is 1. The van der Waals surface area contributed by atoms with E-state index in [1.165, 1.54) is 31.9 Å². The summed E-state index contributed by atoms with van der Waals surface area (Å²) >= 11 is 0. The van der Waals surface area contributed by atoms with Gasteiger partial charge in [-0.2, -0.15) is 0 Å². The van der Waals surface area contributed by atoms with E-state index in [1.54, 1.807) is 0 Å². The van der Waals surface area contributed by atoms with Crippen LogP contribution in [0.5, 0.6) is 0 Å². The van der Waals surface area contributed by atoms with E-state index in [2.05, 4.69) is 60.3 Å². The molecule has 0 spiro atoms. The van der Waals surface area contributed by atoms with Crippen LogP contribution >= 0.6 is 0 Å². The Morgan fingerprint density at radius 2 is 1.38 bits per heavy atom. The van der Waals surface area contributed by atoms with Gasteiger partial charge in [0.15, 0.2) is 0 Å². The number of oxime groups is 1. The molecule has 0 saturated heterocycles. The molecule has 0 bridgehead atoms. The minimum absolute atomic E-state index is 0.574. The quantitative estimate of drug-likeness (QED) is 0.245. The number of hydrogen-bond donors (Lipinski definition) is 1. The third-order valence-electron chi connectivity index (χ3n) is 4.96. The molecule has 0 radical (unpaired) electrons. The lowest BCUT2D eigenvalue weighted by molar-refractivity contribution is 0.322. The molecule has 1 aliphatic rings. The van der Waals surface area contributed by atoms with Gasteiger partial charge in [-0.05, 0) is 60.4 Å². The van der Waals surface area contributed by atoms with Crippen LogP contribution in [0.4, 0.5) is 0 Å². The summed E-state index contributed by atoms with van der Waals surface area (Å²) in [7, 11) is 0. The van der Waals surface area contributed by atoms with Crippen molar-refractivity contribution in [2.24, 2.45) is 17.0 Å². The summed E-state index contributed by atoms with van der Waals surface area (Å²) in [5.74, 6) is 8.24. The van der Waals surface area contributed by atoms with Gasteiger partial charge in [-0.3, -0.25) is 0 Å². The van der Waals surface area contributed by atoms with Crippen molar-refractivity contribution in [2.45, 2.75) is 32.6 Å². The smallest absolute Gasteiger partial charge is 0.0733 e. The average molecular weight is 343 g/mol. The predicted octanol–water partition coefficient (Wildman–Crippen LogP) is 5.84. The van der Waals surface area contributed by atoms with E-state index in [1.807, 2.05) is 24.3 Å². The average Bonchev–Trinajstić information content (AvgIpc) is 2.68. The molecule has 26 heavy (non-hydrogen) atoms. The Hall–Kier alpha value is -2.79. The molecule has 0 unspecified atom stereocenters. The SMILES string of the molecule is CC1CCC(C#Cc2ccc(/C=C/c3ccc(/C=N/O)cc3)cc2)CC1. The molecule has 2 heteroatoms. The Labute approximate surface area is 156 Å². The van der Waals surface area contributed by atoms with Gasteiger partial charge in [-0.1, -0.05) is 72.5 Å². The van der Waals surface area contributed by atoms with Crippen molar-refractivity contribution in [3.63, 3.8) is 0 Å². The van der Waals surface area contributed by atoms with Crippen LogP contribution < -0.4 is 0 Å². The molecular weight excluding hydrogens is 318 g/mol.